The maximum Gasteiger partial charge on any atom is 0.302 e. The summed E-state index contributed by atoms with van der Waals surface area (Å²) >= 11 is 0. The second-order valence-corrected chi connectivity index (χ2v) is 2.17. The summed E-state index contributed by atoms with van der Waals surface area (Å²) in [6.45, 7) is 17.2. The molecule has 0 saturated carbocycles. The van der Waals surface area contributed by atoms with Crippen molar-refractivity contribution < 1.29 is 24.2 Å². The number of aliphatic hydroxyl groups is 1. The fourth-order valence-corrected chi connectivity index (χ4v) is 0.407. The third-order valence-corrected chi connectivity index (χ3v) is 0.695. The van der Waals surface area contributed by atoms with E-state index in [0.29, 0.717) is 13.2 Å². The molecule has 0 atom stereocenters. The highest BCUT2D eigenvalue weighted by molar-refractivity contribution is 5.66. The molecule has 0 bridgehead atoms. The first kappa shape index (κ1) is 30.7. The number of esters is 2. The highest BCUT2D eigenvalue weighted by atomic mass is 16.5. The Morgan fingerprint density at radius 2 is 0.947 bits per heavy atom. The van der Waals surface area contributed by atoms with E-state index >= 15 is 0 Å². The van der Waals surface area contributed by atoms with Crippen LogP contribution in [0.4, 0.5) is 0 Å². The Morgan fingerprint density at radius 1 is 0.789 bits per heavy atom. The third kappa shape index (κ3) is 156. The van der Waals surface area contributed by atoms with Crippen LogP contribution in [0.2, 0.25) is 0 Å². The molecule has 0 heterocycles. The van der Waals surface area contributed by atoms with E-state index in [4.69, 9.17) is 5.11 Å². The number of carbonyl (C=O) groups is 2. The second-order valence-electron chi connectivity index (χ2n) is 2.17. The first-order chi connectivity index (χ1) is 8.95. The van der Waals surface area contributed by atoms with Gasteiger partial charge < -0.3 is 14.6 Å². The zero-order valence-corrected chi connectivity index (χ0v) is 14.2. The van der Waals surface area contributed by atoms with E-state index in [9.17, 15) is 9.59 Å². The predicted molar refractivity (Wildman–Crippen MR) is 80.1 cm³/mol. The van der Waals surface area contributed by atoms with E-state index in [2.05, 4.69) is 9.47 Å². The molecular weight excluding hydrogens is 248 g/mol. The van der Waals surface area contributed by atoms with Crippen molar-refractivity contribution in [2.75, 3.05) is 19.8 Å². The molecule has 0 aliphatic rings. The number of carbonyl (C=O) groups excluding carboxylic acids is 2. The Hall–Kier alpha value is -1.10. The van der Waals surface area contributed by atoms with E-state index in [0.717, 1.165) is 0 Å². The number of hydrogen-bond donors (Lipinski definition) is 1. The first-order valence-corrected chi connectivity index (χ1v) is 6.83. The van der Waals surface area contributed by atoms with Gasteiger partial charge in [-0.1, -0.05) is 27.7 Å². The van der Waals surface area contributed by atoms with Gasteiger partial charge in [-0.2, -0.15) is 0 Å². The van der Waals surface area contributed by atoms with E-state index in [-0.39, 0.29) is 18.5 Å². The molecule has 5 nitrogen and oxygen atoms in total. The van der Waals surface area contributed by atoms with Crippen LogP contribution in [0.25, 0.3) is 0 Å². The summed E-state index contributed by atoms with van der Waals surface area (Å²) in [5.41, 5.74) is 0. The van der Waals surface area contributed by atoms with Crippen LogP contribution >= 0.6 is 0 Å². The quantitative estimate of drug-likeness (QED) is 0.787. The highest BCUT2D eigenvalue weighted by Gasteiger charge is 1.82. The van der Waals surface area contributed by atoms with Crippen molar-refractivity contribution in [3.8, 4) is 0 Å². The Labute approximate surface area is 119 Å². The average molecular weight is 282 g/mol. The standard InChI is InChI=1S/2C4H8O2.C2H6O.2C2H6/c2*1-3-6-4(2)5;1-2-3;2*1-2/h2*3H2,1-2H3;3H,2H2,1H3;2*1-2H3. The molecule has 0 rings (SSSR count). The molecule has 120 valence electrons. The van der Waals surface area contributed by atoms with Crippen molar-refractivity contribution in [1.29, 1.82) is 0 Å². The fourth-order valence-electron chi connectivity index (χ4n) is 0.407. The van der Waals surface area contributed by atoms with Crippen molar-refractivity contribution in [1.82, 2.24) is 0 Å². The zero-order valence-electron chi connectivity index (χ0n) is 14.2. The van der Waals surface area contributed by atoms with Crippen LogP contribution in [0.5, 0.6) is 0 Å². The van der Waals surface area contributed by atoms with Crippen molar-refractivity contribution in [2.24, 2.45) is 0 Å². The predicted octanol–water partition coefficient (Wildman–Crippen LogP) is 3.19. The van der Waals surface area contributed by atoms with E-state index < -0.39 is 0 Å². The molecule has 0 aromatic rings. The molecule has 5 heteroatoms. The van der Waals surface area contributed by atoms with Crippen LogP contribution in [-0.2, 0) is 19.1 Å². The minimum Gasteiger partial charge on any atom is -0.466 e. The molecule has 0 aliphatic carbocycles. The van der Waals surface area contributed by atoms with Crippen molar-refractivity contribution >= 4 is 11.9 Å². The summed E-state index contributed by atoms with van der Waals surface area (Å²) < 4.78 is 8.81. The van der Waals surface area contributed by atoms with Crippen molar-refractivity contribution in [3.63, 3.8) is 0 Å². The van der Waals surface area contributed by atoms with E-state index in [1.165, 1.54) is 13.8 Å². The monoisotopic (exact) mass is 282 g/mol. The van der Waals surface area contributed by atoms with Crippen LogP contribution in [0, 0.1) is 0 Å². The van der Waals surface area contributed by atoms with Gasteiger partial charge in [0.05, 0.1) is 13.2 Å². The van der Waals surface area contributed by atoms with E-state index in [1.54, 1.807) is 20.8 Å². The topological polar surface area (TPSA) is 72.8 Å². The van der Waals surface area contributed by atoms with Gasteiger partial charge in [0, 0.05) is 20.5 Å². The van der Waals surface area contributed by atoms with Gasteiger partial charge >= 0.3 is 11.9 Å². The molecule has 0 unspecified atom stereocenters. The summed E-state index contributed by atoms with van der Waals surface area (Å²) in [5, 5.41) is 7.57. The zero-order chi connectivity index (χ0) is 16.7. The summed E-state index contributed by atoms with van der Waals surface area (Å²) in [4.78, 5) is 19.6. The largest absolute Gasteiger partial charge is 0.466 e. The molecule has 0 aromatic carbocycles. The maximum absolute atomic E-state index is 9.82. The van der Waals surface area contributed by atoms with Gasteiger partial charge in [-0.15, -0.1) is 0 Å². The summed E-state index contributed by atoms with van der Waals surface area (Å²) in [7, 11) is 0. The summed E-state index contributed by atoms with van der Waals surface area (Å²) in [5.74, 6) is -0.421. The number of hydrogen-bond acceptors (Lipinski definition) is 5. The lowest BCUT2D eigenvalue weighted by Crippen LogP contribution is -1.95. The number of rotatable bonds is 2. The number of ether oxygens (including phenoxy) is 2. The smallest absolute Gasteiger partial charge is 0.302 e. The minimum atomic E-state index is -0.211. The normalized spacial score (nSPS) is 6.42. The lowest BCUT2D eigenvalue weighted by molar-refractivity contribution is -0.141. The van der Waals surface area contributed by atoms with Gasteiger partial charge in [0.25, 0.3) is 0 Å². The Balaban J connectivity index is -0.0000000472. The van der Waals surface area contributed by atoms with Gasteiger partial charge in [0.1, 0.15) is 0 Å². The van der Waals surface area contributed by atoms with Crippen LogP contribution in [0.1, 0.15) is 62.3 Å². The summed E-state index contributed by atoms with van der Waals surface area (Å²) in [6, 6.07) is 0. The number of aliphatic hydroxyl groups excluding tert-OH is 1. The Kier molecular flexibility index (Phi) is 70.5. The maximum atomic E-state index is 9.82. The van der Waals surface area contributed by atoms with E-state index in [1.807, 2.05) is 27.7 Å². The van der Waals surface area contributed by atoms with Gasteiger partial charge in [0.15, 0.2) is 0 Å². The van der Waals surface area contributed by atoms with Crippen LogP contribution in [0.15, 0.2) is 0 Å². The second kappa shape index (κ2) is 43.6. The average Bonchev–Trinajstić information content (AvgIpc) is 2.35. The Morgan fingerprint density at radius 3 is 0.947 bits per heavy atom. The van der Waals surface area contributed by atoms with Crippen LogP contribution < -0.4 is 0 Å². The fraction of sp³-hybridized carbons (Fsp3) is 0.857. The molecule has 19 heavy (non-hydrogen) atoms. The van der Waals surface area contributed by atoms with Crippen LogP contribution in [0.3, 0.4) is 0 Å². The van der Waals surface area contributed by atoms with Gasteiger partial charge in [-0.05, 0) is 20.8 Å². The molecule has 0 spiro atoms. The van der Waals surface area contributed by atoms with Gasteiger partial charge in [-0.3, -0.25) is 9.59 Å². The van der Waals surface area contributed by atoms with Crippen molar-refractivity contribution in [3.05, 3.63) is 0 Å². The van der Waals surface area contributed by atoms with Crippen molar-refractivity contribution in [2.45, 2.75) is 62.3 Å². The molecule has 0 radical (unpaired) electrons. The van der Waals surface area contributed by atoms with Crippen LogP contribution in [-0.4, -0.2) is 36.9 Å². The lowest BCUT2D eigenvalue weighted by atomic mass is 10.8. The molecule has 1 N–H and O–H groups in total. The van der Waals surface area contributed by atoms with Gasteiger partial charge in [-0.25, -0.2) is 0 Å². The molecule has 0 amide bonds. The minimum absolute atomic E-state index is 0.211. The lowest BCUT2D eigenvalue weighted by Gasteiger charge is -1.89. The molecule has 0 aliphatic heterocycles. The third-order valence-electron chi connectivity index (χ3n) is 0.695. The molecule has 0 fully saturated rings. The SMILES string of the molecule is CC.CC.CCO.CCOC(C)=O.CCOC(C)=O. The van der Waals surface area contributed by atoms with Gasteiger partial charge in [0.2, 0.25) is 0 Å². The molecule has 0 aromatic heterocycles. The summed E-state index contributed by atoms with van der Waals surface area (Å²) in [6.07, 6.45) is 0. The Bertz CT molecular complexity index is 131. The first-order valence-electron chi connectivity index (χ1n) is 6.83. The highest BCUT2D eigenvalue weighted by Crippen LogP contribution is 1.70. The molecular formula is C14H34O5. The molecule has 0 saturated heterocycles.